The first-order chi connectivity index (χ1) is 10.0. The number of phenolic OH excluding ortho intramolecular Hbond substituents is 3. The van der Waals surface area contributed by atoms with Gasteiger partial charge in [-0.3, -0.25) is 0 Å². The molecule has 21 heavy (non-hydrogen) atoms. The van der Waals surface area contributed by atoms with Crippen molar-refractivity contribution in [1.82, 2.24) is 0 Å². The first kappa shape index (κ1) is 15.2. The van der Waals surface area contributed by atoms with Crippen molar-refractivity contribution in [2.45, 2.75) is 40.0 Å². The Morgan fingerprint density at radius 1 is 0.714 bits per heavy atom. The fourth-order valence-electron chi connectivity index (χ4n) is 2.63. The molecular weight excluding hydrogens is 264 g/mol. The van der Waals surface area contributed by atoms with Crippen LogP contribution in [0.5, 0.6) is 17.2 Å². The Labute approximate surface area is 125 Å². The second-order valence-electron chi connectivity index (χ2n) is 5.22. The number of rotatable bonds is 4. The minimum absolute atomic E-state index is 0.0368. The first-order valence-electron chi connectivity index (χ1n) is 7.41. The number of phenols is 3. The Morgan fingerprint density at radius 2 is 1.29 bits per heavy atom. The second-order valence-corrected chi connectivity index (χ2v) is 5.22. The predicted octanol–water partition coefficient (Wildman–Crippen LogP) is 4.16. The van der Waals surface area contributed by atoms with E-state index in [0.29, 0.717) is 17.5 Å². The summed E-state index contributed by atoms with van der Waals surface area (Å²) < 4.78 is 0. The normalized spacial score (nSPS) is 10.8. The summed E-state index contributed by atoms with van der Waals surface area (Å²) in [6, 6.07) is 7.39. The van der Waals surface area contributed by atoms with Crippen LogP contribution >= 0.6 is 0 Å². The van der Waals surface area contributed by atoms with E-state index in [-0.39, 0.29) is 17.2 Å². The SMILES string of the molecule is CCc1cc(CC)cc(-c2c(O)cc(O)c(CC)c2O)c1. The van der Waals surface area contributed by atoms with Crippen molar-refractivity contribution in [3.05, 3.63) is 41.0 Å². The van der Waals surface area contributed by atoms with E-state index in [1.807, 2.05) is 19.1 Å². The van der Waals surface area contributed by atoms with E-state index in [9.17, 15) is 15.3 Å². The van der Waals surface area contributed by atoms with Gasteiger partial charge in [-0.25, -0.2) is 0 Å². The van der Waals surface area contributed by atoms with Crippen LogP contribution in [0.2, 0.25) is 0 Å². The molecule has 0 aliphatic rings. The van der Waals surface area contributed by atoms with Gasteiger partial charge in [0.2, 0.25) is 0 Å². The van der Waals surface area contributed by atoms with Gasteiger partial charge >= 0.3 is 0 Å². The molecule has 3 heteroatoms. The predicted molar refractivity (Wildman–Crippen MR) is 85.0 cm³/mol. The third-order valence-electron chi connectivity index (χ3n) is 3.87. The largest absolute Gasteiger partial charge is 0.507 e. The molecule has 0 saturated heterocycles. The average molecular weight is 286 g/mol. The van der Waals surface area contributed by atoms with Gasteiger partial charge in [-0.1, -0.05) is 39.0 Å². The second kappa shape index (κ2) is 6.08. The zero-order chi connectivity index (χ0) is 15.6. The Hall–Kier alpha value is -2.16. The van der Waals surface area contributed by atoms with Crippen LogP contribution in [-0.4, -0.2) is 15.3 Å². The van der Waals surface area contributed by atoms with Crippen LogP contribution in [0.15, 0.2) is 24.3 Å². The highest BCUT2D eigenvalue weighted by atomic mass is 16.3. The van der Waals surface area contributed by atoms with Crippen molar-refractivity contribution < 1.29 is 15.3 Å². The molecular formula is C18H22O3. The van der Waals surface area contributed by atoms with E-state index >= 15 is 0 Å². The monoisotopic (exact) mass is 286 g/mol. The molecule has 0 spiro atoms. The molecule has 0 aromatic heterocycles. The molecule has 0 fully saturated rings. The van der Waals surface area contributed by atoms with Crippen molar-refractivity contribution in [3.63, 3.8) is 0 Å². The van der Waals surface area contributed by atoms with E-state index in [4.69, 9.17) is 0 Å². The highest BCUT2D eigenvalue weighted by molar-refractivity contribution is 5.80. The van der Waals surface area contributed by atoms with Crippen LogP contribution in [0, 0.1) is 0 Å². The van der Waals surface area contributed by atoms with Crippen LogP contribution in [0.3, 0.4) is 0 Å². The quantitative estimate of drug-likeness (QED) is 0.791. The summed E-state index contributed by atoms with van der Waals surface area (Å²) >= 11 is 0. The van der Waals surface area contributed by atoms with Gasteiger partial charge in [0.05, 0.1) is 5.56 Å². The summed E-state index contributed by atoms with van der Waals surface area (Å²) in [7, 11) is 0. The van der Waals surface area contributed by atoms with Gasteiger partial charge in [0.25, 0.3) is 0 Å². The lowest BCUT2D eigenvalue weighted by atomic mass is 9.94. The van der Waals surface area contributed by atoms with Gasteiger partial charge in [-0.15, -0.1) is 0 Å². The molecule has 0 atom stereocenters. The summed E-state index contributed by atoms with van der Waals surface area (Å²) in [5, 5.41) is 30.4. The number of aromatic hydroxyl groups is 3. The highest BCUT2D eigenvalue weighted by Crippen LogP contribution is 2.44. The molecule has 0 radical (unpaired) electrons. The smallest absolute Gasteiger partial charge is 0.134 e. The third-order valence-corrected chi connectivity index (χ3v) is 3.87. The fourth-order valence-corrected chi connectivity index (χ4v) is 2.63. The number of hydrogen-bond acceptors (Lipinski definition) is 3. The molecule has 3 N–H and O–H groups in total. The van der Waals surface area contributed by atoms with Crippen molar-refractivity contribution in [2.75, 3.05) is 0 Å². The lowest BCUT2D eigenvalue weighted by Gasteiger charge is -2.15. The van der Waals surface area contributed by atoms with E-state index in [1.165, 1.54) is 6.07 Å². The van der Waals surface area contributed by atoms with Gasteiger partial charge in [0.1, 0.15) is 17.2 Å². The Balaban J connectivity index is 2.72. The summed E-state index contributed by atoms with van der Waals surface area (Å²) in [6.07, 6.45) is 2.28. The minimum Gasteiger partial charge on any atom is -0.507 e. The molecule has 112 valence electrons. The van der Waals surface area contributed by atoms with Gasteiger partial charge in [0.15, 0.2) is 0 Å². The van der Waals surface area contributed by atoms with Gasteiger partial charge in [-0.2, -0.15) is 0 Å². The number of aryl methyl sites for hydroxylation is 2. The Bertz CT molecular complexity index is 638. The lowest BCUT2D eigenvalue weighted by Crippen LogP contribution is -1.92. The molecule has 0 aliphatic heterocycles. The van der Waals surface area contributed by atoms with Crippen LogP contribution in [0.1, 0.15) is 37.5 Å². The van der Waals surface area contributed by atoms with Crippen LogP contribution in [-0.2, 0) is 19.3 Å². The molecule has 0 bridgehead atoms. The fraction of sp³-hybridized carbons (Fsp3) is 0.333. The zero-order valence-electron chi connectivity index (χ0n) is 12.8. The first-order valence-corrected chi connectivity index (χ1v) is 7.41. The summed E-state index contributed by atoms with van der Waals surface area (Å²) in [5.41, 5.74) is 3.97. The summed E-state index contributed by atoms with van der Waals surface area (Å²) in [6.45, 7) is 6.01. The Morgan fingerprint density at radius 3 is 1.76 bits per heavy atom. The van der Waals surface area contributed by atoms with Crippen molar-refractivity contribution >= 4 is 0 Å². The minimum atomic E-state index is -0.0995. The standard InChI is InChI=1S/C18H22O3/c1-4-11-7-12(5-2)9-13(8-11)17-16(20)10-15(19)14(6-3)18(17)21/h7-10,19-21H,4-6H2,1-3H3. The van der Waals surface area contributed by atoms with E-state index < -0.39 is 0 Å². The third kappa shape index (κ3) is 2.82. The maximum absolute atomic E-state index is 10.4. The van der Waals surface area contributed by atoms with E-state index in [0.717, 1.165) is 29.5 Å². The van der Waals surface area contributed by atoms with Crippen molar-refractivity contribution in [1.29, 1.82) is 0 Å². The summed E-state index contributed by atoms with van der Waals surface area (Å²) in [4.78, 5) is 0. The number of benzene rings is 2. The van der Waals surface area contributed by atoms with Crippen LogP contribution < -0.4 is 0 Å². The van der Waals surface area contributed by atoms with Crippen molar-refractivity contribution in [2.24, 2.45) is 0 Å². The molecule has 0 amide bonds. The average Bonchev–Trinajstić information content (AvgIpc) is 2.46. The zero-order valence-corrected chi connectivity index (χ0v) is 12.8. The van der Waals surface area contributed by atoms with E-state index in [2.05, 4.69) is 19.9 Å². The lowest BCUT2D eigenvalue weighted by molar-refractivity contribution is 0.422. The molecule has 0 unspecified atom stereocenters. The maximum atomic E-state index is 10.4. The van der Waals surface area contributed by atoms with Gasteiger partial charge in [0, 0.05) is 11.6 Å². The number of hydrogen-bond donors (Lipinski definition) is 3. The molecule has 3 nitrogen and oxygen atoms in total. The molecule has 0 heterocycles. The van der Waals surface area contributed by atoms with Crippen molar-refractivity contribution in [3.8, 4) is 28.4 Å². The van der Waals surface area contributed by atoms with Gasteiger partial charge < -0.3 is 15.3 Å². The maximum Gasteiger partial charge on any atom is 0.134 e. The molecule has 2 aromatic carbocycles. The molecule has 2 aromatic rings. The topological polar surface area (TPSA) is 60.7 Å². The van der Waals surface area contributed by atoms with Crippen LogP contribution in [0.25, 0.3) is 11.1 Å². The highest BCUT2D eigenvalue weighted by Gasteiger charge is 2.18. The molecule has 0 aliphatic carbocycles. The molecule has 2 rings (SSSR count). The molecule has 0 saturated carbocycles. The van der Waals surface area contributed by atoms with Crippen LogP contribution in [0.4, 0.5) is 0 Å². The van der Waals surface area contributed by atoms with E-state index in [1.54, 1.807) is 0 Å². The van der Waals surface area contributed by atoms with Gasteiger partial charge in [-0.05, 0) is 36.0 Å². The Kier molecular flexibility index (Phi) is 4.41. The summed E-state index contributed by atoms with van der Waals surface area (Å²) in [5.74, 6) is -0.207.